The molecule has 1 saturated heterocycles. The summed E-state index contributed by atoms with van der Waals surface area (Å²) in [5, 5.41) is 2.97. The topological polar surface area (TPSA) is 58.6 Å². The van der Waals surface area contributed by atoms with Gasteiger partial charge in [0, 0.05) is 18.7 Å². The highest BCUT2D eigenvalue weighted by Gasteiger charge is 2.32. The van der Waals surface area contributed by atoms with Crippen molar-refractivity contribution in [2.75, 3.05) is 26.0 Å². The van der Waals surface area contributed by atoms with Gasteiger partial charge in [-0.25, -0.2) is 0 Å². The number of nitrogens with one attached hydrogen (secondary N) is 1. The Bertz CT molecular complexity index is 1070. The van der Waals surface area contributed by atoms with Crippen LogP contribution in [0.2, 0.25) is 0 Å². The zero-order chi connectivity index (χ0) is 23.0. The number of ether oxygens (including phenoxy) is 1. The molecule has 0 bridgehead atoms. The van der Waals surface area contributed by atoms with E-state index in [-0.39, 0.29) is 17.2 Å². The van der Waals surface area contributed by atoms with E-state index in [1.165, 1.54) is 5.56 Å². The first-order chi connectivity index (χ1) is 16.1. The Labute approximate surface area is 199 Å². The highest BCUT2D eigenvalue weighted by Crippen LogP contribution is 2.38. The number of rotatable bonds is 9. The first-order valence-corrected chi connectivity index (χ1v) is 12.1. The Kier molecular flexibility index (Phi) is 7.68. The summed E-state index contributed by atoms with van der Waals surface area (Å²) in [6, 6.07) is 25.7. The van der Waals surface area contributed by atoms with Crippen LogP contribution in [0.1, 0.15) is 32.4 Å². The van der Waals surface area contributed by atoms with Crippen molar-refractivity contribution in [2.45, 2.75) is 18.2 Å². The zero-order valence-electron chi connectivity index (χ0n) is 18.7. The van der Waals surface area contributed by atoms with Gasteiger partial charge in [-0.1, -0.05) is 54.6 Å². The van der Waals surface area contributed by atoms with Gasteiger partial charge >= 0.3 is 0 Å². The number of hydrogen-bond acceptors (Lipinski definition) is 4. The number of nitrogens with zero attached hydrogens (tertiary/aromatic N) is 1. The van der Waals surface area contributed by atoms with Crippen LogP contribution in [0.25, 0.3) is 0 Å². The lowest BCUT2D eigenvalue weighted by molar-refractivity contribution is -0.128. The molecule has 0 radical (unpaired) electrons. The first-order valence-electron chi connectivity index (χ1n) is 11.1. The van der Waals surface area contributed by atoms with Crippen molar-refractivity contribution >= 4 is 23.6 Å². The molecule has 1 fully saturated rings. The summed E-state index contributed by atoms with van der Waals surface area (Å²) in [7, 11) is 1.64. The third-order valence-corrected chi connectivity index (χ3v) is 7.02. The molecule has 3 aromatic carbocycles. The van der Waals surface area contributed by atoms with E-state index in [2.05, 4.69) is 17.4 Å². The van der Waals surface area contributed by atoms with Crippen molar-refractivity contribution in [3.8, 4) is 5.75 Å². The molecule has 0 aromatic heterocycles. The maximum Gasteiger partial charge on any atom is 0.251 e. The van der Waals surface area contributed by atoms with Crippen LogP contribution in [0.3, 0.4) is 0 Å². The first kappa shape index (κ1) is 22.9. The van der Waals surface area contributed by atoms with Crippen molar-refractivity contribution in [1.82, 2.24) is 10.2 Å². The molecule has 33 heavy (non-hydrogen) atoms. The minimum Gasteiger partial charge on any atom is -0.497 e. The smallest absolute Gasteiger partial charge is 0.251 e. The van der Waals surface area contributed by atoms with Crippen LogP contribution >= 0.6 is 11.8 Å². The van der Waals surface area contributed by atoms with Gasteiger partial charge in [0.05, 0.1) is 12.9 Å². The predicted octanol–water partition coefficient (Wildman–Crippen LogP) is 4.48. The third kappa shape index (κ3) is 5.96. The minimum absolute atomic E-state index is 0.00612. The van der Waals surface area contributed by atoms with Crippen LogP contribution in [-0.4, -0.2) is 42.7 Å². The second-order valence-electron chi connectivity index (χ2n) is 7.96. The van der Waals surface area contributed by atoms with Crippen molar-refractivity contribution in [3.05, 3.63) is 101 Å². The van der Waals surface area contributed by atoms with Gasteiger partial charge in [-0.05, 0) is 53.8 Å². The van der Waals surface area contributed by atoms with E-state index < -0.39 is 0 Å². The van der Waals surface area contributed by atoms with Crippen LogP contribution in [0.15, 0.2) is 78.9 Å². The molecule has 0 unspecified atom stereocenters. The van der Waals surface area contributed by atoms with Crippen LogP contribution in [-0.2, 0) is 17.6 Å². The highest BCUT2D eigenvalue weighted by atomic mass is 32.2. The summed E-state index contributed by atoms with van der Waals surface area (Å²) in [6.45, 7) is 1.25. The van der Waals surface area contributed by atoms with Gasteiger partial charge in [0.15, 0.2) is 0 Å². The molecule has 0 aliphatic carbocycles. The second kappa shape index (κ2) is 11.1. The van der Waals surface area contributed by atoms with E-state index in [9.17, 15) is 9.59 Å². The summed E-state index contributed by atoms with van der Waals surface area (Å²) in [5.41, 5.74) is 4.04. The number of benzene rings is 3. The molecular weight excluding hydrogens is 432 g/mol. The third-order valence-electron chi connectivity index (χ3n) is 5.77. The molecule has 1 aliphatic rings. The fraction of sp³-hybridized carbons (Fsp3) is 0.259. The molecule has 0 saturated carbocycles. The summed E-state index contributed by atoms with van der Waals surface area (Å²) >= 11 is 1.64. The maximum absolute atomic E-state index is 12.5. The van der Waals surface area contributed by atoms with Crippen LogP contribution in [0, 0.1) is 0 Å². The summed E-state index contributed by atoms with van der Waals surface area (Å²) in [5.74, 6) is 1.39. The largest absolute Gasteiger partial charge is 0.497 e. The van der Waals surface area contributed by atoms with Gasteiger partial charge < -0.3 is 15.0 Å². The van der Waals surface area contributed by atoms with E-state index in [0.29, 0.717) is 24.4 Å². The van der Waals surface area contributed by atoms with Gasteiger partial charge in [-0.3, -0.25) is 9.59 Å². The van der Waals surface area contributed by atoms with E-state index in [1.54, 1.807) is 18.9 Å². The van der Waals surface area contributed by atoms with Crippen molar-refractivity contribution < 1.29 is 14.3 Å². The van der Waals surface area contributed by atoms with Crippen molar-refractivity contribution in [2.24, 2.45) is 0 Å². The number of methoxy groups -OCH3 is 1. The molecule has 1 N–H and O–H groups in total. The Morgan fingerprint density at radius 3 is 2.36 bits per heavy atom. The number of amides is 2. The minimum atomic E-state index is -0.0915. The average molecular weight is 461 g/mol. The van der Waals surface area contributed by atoms with Crippen LogP contribution < -0.4 is 10.1 Å². The molecule has 6 heteroatoms. The monoisotopic (exact) mass is 460 g/mol. The molecular formula is C27H28N2O3S. The highest BCUT2D eigenvalue weighted by molar-refractivity contribution is 8.00. The Morgan fingerprint density at radius 1 is 0.970 bits per heavy atom. The van der Waals surface area contributed by atoms with Crippen molar-refractivity contribution in [3.63, 3.8) is 0 Å². The van der Waals surface area contributed by atoms with E-state index in [0.717, 1.165) is 29.7 Å². The quantitative estimate of drug-likeness (QED) is 0.511. The van der Waals surface area contributed by atoms with Crippen LogP contribution in [0.5, 0.6) is 5.75 Å². The molecule has 3 aromatic rings. The van der Waals surface area contributed by atoms with E-state index in [1.807, 2.05) is 71.6 Å². The maximum atomic E-state index is 12.5. The molecule has 4 rings (SSSR count). The number of thioether (sulfide) groups is 1. The van der Waals surface area contributed by atoms with Gasteiger partial charge in [0.2, 0.25) is 5.91 Å². The van der Waals surface area contributed by atoms with E-state index >= 15 is 0 Å². The lowest BCUT2D eigenvalue weighted by Gasteiger charge is -2.24. The average Bonchev–Trinajstić information content (AvgIpc) is 3.24. The van der Waals surface area contributed by atoms with E-state index in [4.69, 9.17) is 4.74 Å². The molecule has 1 heterocycles. The summed E-state index contributed by atoms with van der Waals surface area (Å²) in [4.78, 5) is 26.9. The Hall–Kier alpha value is -3.25. The number of carbonyl (C=O) groups excluding carboxylic acids is 2. The SMILES string of the molecule is COc1ccc(CCNC(=O)c2ccc([C@@H]3SCC(=O)N3CCc3ccccc3)cc2)cc1. The molecule has 1 aliphatic heterocycles. The standard InChI is InChI=1S/C27H28N2O3S/c1-32-24-13-7-21(8-14-24)15-17-28-26(31)22-9-11-23(12-10-22)27-29(25(30)19-33-27)18-16-20-5-3-2-4-6-20/h2-14,27H,15-19H2,1H3,(H,28,31)/t27-/m0/s1. The summed E-state index contributed by atoms with van der Waals surface area (Å²) in [6.07, 6.45) is 1.59. The molecule has 5 nitrogen and oxygen atoms in total. The second-order valence-corrected chi connectivity index (χ2v) is 9.03. The van der Waals surface area contributed by atoms with Gasteiger partial charge in [-0.15, -0.1) is 11.8 Å². The Morgan fingerprint density at radius 2 is 1.67 bits per heavy atom. The lowest BCUT2D eigenvalue weighted by atomic mass is 10.1. The molecule has 0 spiro atoms. The summed E-state index contributed by atoms with van der Waals surface area (Å²) < 4.78 is 5.17. The number of carbonyl (C=O) groups is 2. The van der Waals surface area contributed by atoms with Gasteiger partial charge in [-0.2, -0.15) is 0 Å². The number of hydrogen-bond donors (Lipinski definition) is 1. The normalized spacial score (nSPS) is 15.5. The predicted molar refractivity (Wildman–Crippen MR) is 133 cm³/mol. The molecule has 2 amide bonds. The van der Waals surface area contributed by atoms with Gasteiger partial charge in [0.1, 0.15) is 11.1 Å². The van der Waals surface area contributed by atoms with Gasteiger partial charge in [0.25, 0.3) is 5.91 Å². The fourth-order valence-electron chi connectivity index (χ4n) is 3.88. The van der Waals surface area contributed by atoms with Crippen LogP contribution in [0.4, 0.5) is 0 Å². The molecule has 170 valence electrons. The molecule has 1 atom stereocenters. The Balaban J connectivity index is 1.31. The zero-order valence-corrected chi connectivity index (χ0v) is 19.5. The lowest BCUT2D eigenvalue weighted by Crippen LogP contribution is -2.30. The fourth-order valence-corrected chi connectivity index (χ4v) is 5.10. The van der Waals surface area contributed by atoms with Crippen molar-refractivity contribution in [1.29, 1.82) is 0 Å².